The van der Waals surface area contributed by atoms with Gasteiger partial charge < -0.3 is 5.11 Å². The molecule has 0 aliphatic carbocycles. The van der Waals surface area contributed by atoms with Gasteiger partial charge in [0.1, 0.15) is 6.10 Å². The van der Waals surface area contributed by atoms with Crippen LogP contribution in [0, 0.1) is 6.92 Å². The van der Waals surface area contributed by atoms with E-state index in [0.29, 0.717) is 5.02 Å². The van der Waals surface area contributed by atoms with Crippen LogP contribution in [-0.2, 0) is 0 Å². The molecule has 1 atom stereocenters. The molecule has 0 amide bonds. The van der Waals surface area contributed by atoms with Crippen molar-refractivity contribution in [3.05, 3.63) is 55.1 Å². The van der Waals surface area contributed by atoms with Crippen molar-refractivity contribution in [2.45, 2.75) is 13.0 Å². The summed E-state index contributed by atoms with van der Waals surface area (Å²) in [6.07, 6.45) is -0.592. The van der Waals surface area contributed by atoms with Crippen LogP contribution in [0.4, 0.5) is 0 Å². The molecule has 0 aliphatic heterocycles. The Balaban J connectivity index is 2.35. The number of rotatable bonds is 2. The molecule has 1 nitrogen and oxygen atoms in total. The Labute approximate surface area is 112 Å². The van der Waals surface area contributed by atoms with Crippen molar-refractivity contribution in [2.24, 2.45) is 0 Å². The largest absolute Gasteiger partial charge is 0.383 e. The number of hydrogen-bond acceptors (Lipinski definition) is 2. The summed E-state index contributed by atoms with van der Waals surface area (Å²) in [5.41, 5.74) is 0.854. The van der Waals surface area contributed by atoms with E-state index in [1.807, 2.05) is 25.1 Å². The molecule has 0 saturated carbocycles. The molecule has 16 heavy (non-hydrogen) atoms. The van der Waals surface area contributed by atoms with Gasteiger partial charge in [-0.1, -0.05) is 23.7 Å². The van der Waals surface area contributed by atoms with Crippen LogP contribution in [0.15, 0.2) is 34.8 Å². The molecular weight excluding hydrogens is 308 g/mol. The van der Waals surface area contributed by atoms with E-state index in [9.17, 15) is 5.11 Å². The zero-order valence-corrected chi connectivity index (χ0v) is 11.7. The number of benzene rings is 1. The number of aliphatic hydroxyl groups excluding tert-OH is 1. The zero-order valence-electron chi connectivity index (χ0n) is 8.58. The van der Waals surface area contributed by atoms with Crippen molar-refractivity contribution in [3.8, 4) is 0 Å². The van der Waals surface area contributed by atoms with Crippen LogP contribution in [0.5, 0.6) is 0 Å². The molecule has 2 rings (SSSR count). The average molecular weight is 318 g/mol. The maximum atomic E-state index is 10.2. The molecule has 0 radical (unpaired) electrons. The second-order valence-electron chi connectivity index (χ2n) is 3.52. The van der Waals surface area contributed by atoms with E-state index in [-0.39, 0.29) is 0 Å². The highest BCUT2D eigenvalue weighted by molar-refractivity contribution is 9.10. The third kappa shape index (κ3) is 2.48. The molecular formula is C12H10BrClOS. The highest BCUT2D eigenvalue weighted by atomic mass is 79.9. The van der Waals surface area contributed by atoms with Gasteiger partial charge in [0, 0.05) is 14.4 Å². The van der Waals surface area contributed by atoms with E-state index in [4.69, 9.17) is 11.6 Å². The van der Waals surface area contributed by atoms with Gasteiger partial charge >= 0.3 is 0 Å². The number of hydrogen-bond donors (Lipinski definition) is 1. The predicted molar refractivity (Wildman–Crippen MR) is 72.3 cm³/mol. The molecule has 84 valence electrons. The highest BCUT2D eigenvalue weighted by Crippen LogP contribution is 2.35. The van der Waals surface area contributed by atoms with Crippen molar-refractivity contribution in [2.75, 3.05) is 0 Å². The van der Waals surface area contributed by atoms with Crippen LogP contribution in [0.1, 0.15) is 21.4 Å². The van der Waals surface area contributed by atoms with Crippen LogP contribution < -0.4 is 0 Å². The molecule has 0 bridgehead atoms. The van der Waals surface area contributed by atoms with Gasteiger partial charge in [0.2, 0.25) is 0 Å². The molecule has 1 N–H and O–H groups in total. The van der Waals surface area contributed by atoms with Gasteiger partial charge in [-0.15, -0.1) is 11.3 Å². The van der Waals surface area contributed by atoms with E-state index < -0.39 is 6.10 Å². The first-order valence-electron chi connectivity index (χ1n) is 4.77. The topological polar surface area (TPSA) is 20.2 Å². The van der Waals surface area contributed by atoms with Crippen molar-refractivity contribution in [1.29, 1.82) is 0 Å². The summed E-state index contributed by atoms with van der Waals surface area (Å²) in [6.45, 7) is 2.02. The first-order valence-corrected chi connectivity index (χ1v) is 6.76. The molecule has 1 aromatic carbocycles. The third-order valence-corrected chi connectivity index (χ3v) is 4.54. The Morgan fingerprint density at radius 3 is 2.44 bits per heavy atom. The van der Waals surface area contributed by atoms with Crippen molar-refractivity contribution in [3.63, 3.8) is 0 Å². The van der Waals surface area contributed by atoms with Crippen molar-refractivity contribution >= 4 is 38.9 Å². The molecule has 0 fully saturated rings. The summed E-state index contributed by atoms with van der Waals surface area (Å²) in [4.78, 5) is 2.11. The van der Waals surface area contributed by atoms with Crippen molar-refractivity contribution in [1.82, 2.24) is 0 Å². The number of aliphatic hydroxyl groups is 1. The molecule has 1 heterocycles. The fraction of sp³-hybridized carbons (Fsp3) is 0.167. The van der Waals surface area contributed by atoms with Gasteiger partial charge in [-0.25, -0.2) is 0 Å². The lowest BCUT2D eigenvalue weighted by molar-refractivity contribution is 0.223. The van der Waals surface area contributed by atoms with Gasteiger partial charge in [0.05, 0.1) is 4.88 Å². The summed E-state index contributed by atoms with van der Waals surface area (Å²) in [6, 6.07) is 9.27. The standard InChI is InChI=1S/C12H10BrClOS/c1-7-6-10(13)12(16-7)11(15)8-2-4-9(14)5-3-8/h2-6,11,15H,1H3. The van der Waals surface area contributed by atoms with E-state index in [2.05, 4.69) is 15.9 Å². The molecule has 0 aliphatic rings. The summed E-state index contributed by atoms with van der Waals surface area (Å²) < 4.78 is 0.956. The lowest BCUT2D eigenvalue weighted by Gasteiger charge is -2.09. The van der Waals surface area contributed by atoms with Gasteiger partial charge in [0.15, 0.2) is 0 Å². The highest BCUT2D eigenvalue weighted by Gasteiger charge is 2.16. The quantitative estimate of drug-likeness (QED) is 0.861. The SMILES string of the molecule is Cc1cc(Br)c(C(O)c2ccc(Cl)cc2)s1. The van der Waals surface area contributed by atoms with E-state index >= 15 is 0 Å². The molecule has 0 saturated heterocycles. The number of thiophene rings is 1. The van der Waals surface area contributed by atoms with Gasteiger partial charge in [0.25, 0.3) is 0 Å². The maximum absolute atomic E-state index is 10.2. The third-order valence-electron chi connectivity index (χ3n) is 2.27. The smallest absolute Gasteiger partial charge is 0.114 e. The predicted octanol–water partition coefficient (Wildman–Crippen LogP) is 4.55. The molecule has 2 aromatic rings. The van der Waals surface area contributed by atoms with Crippen LogP contribution in [-0.4, -0.2) is 5.11 Å². The first kappa shape index (κ1) is 12.1. The Kier molecular flexibility index (Phi) is 3.70. The maximum Gasteiger partial charge on any atom is 0.114 e. The average Bonchev–Trinajstić information content (AvgIpc) is 2.58. The van der Waals surface area contributed by atoms with E-state index in [1.54, 1.807) is 23.5 Å². The first-order chi connectivity index (χ1) is 7.58. The van der Waals surface area contributed by atoms with Crippen LogP contribution >= 0.6 is 38.9 Å². The Morgan fingerprint density at radius 2 is 1.94 bits per heavy atom. The summed E-state index contributed by atoms with van der Waals surface area (Å²) >= 11 is 10.9. The van der Waals surface area contributed by atoms with Crippen LogP contribution in [0.2, 0.25) is 5.02 Å². The Morgan fingerprint density at radius 1 is 1.31 bits per heavy atom. The second kappa shape index (κ2) is 4.88. The molecule has 4 heteroatoms. The molecule has 1 unspecified atom stereocenters. The minimum absolute atomic E-state index is 0.592. The molecule has 0 spiro atoms. The Hall–Kier alpha value is -0.350. The fourth-order valence-corrected chi connectivity index (χ4v) is 3.49. The van der Waals surface area contributed by atoms with Gasteiger partial charge in [-0.05, 0) is 46.6 Å². The fourth-order valence-electron chi connectivity index (χ4n) is 1.48. The summed E-state index contributed by atoms with van der Waals surface area (Å²) in [5.74, 6) is 0. The van der Waals surface area contributed by atoms with E-state index in [0.717, 1.165) is 14.9 Å². The lowest BCUT2D eigenvalue weighted by atomic mass is 10.1. The summed E-state index contributed by atoms with van der Waals surface area (Å²) in [7, 11) is 0. The molecule has 1 aromatic heterocycles. The van der Waals surface area contributed by atoms with E-state index in [1.165, 1.54) is 4.88 Å². The number of aryl methyl sites for hydroxylation is 1. The summed E-state index contributed by atoms with van der Waals surface area (Å²) in [5, 5.41) is 10.9. The van der Waals surface area contributed by atoms with Crippen molar-refractivity contribution < 1.29 is 5.11 Å². The normalized spacial score (nSPS) is 12.8. The number of halogens is 2. The zero-order chi connectivity index (χ0) is 11.7. The Bertz CT molecular complexity index is 492. The van der Waals surface area contributed by atoms with Crippen LogP contribution in [0.3, 0.4) is 0 Å². The van der Waals surface area contributed by atoms with Gasteiger partial charge in [-0.3, -0.25) is 0 Å². The van der Waals surface area contributed by atoms with Gasteiger partial charge in [-0.2, -0.15) is 0 Å². The lowest BCUT2D eigenvalue weighted by Crippen LogP contribution is -1.97. The monoisotopic (exact) mass is 316 g/mol. The van der Waals surface area contributed by atoms with Crippen LogP contribution in [0.25, 0.3) is 0 Å². The minimum Gasteiger partial charge on any atom is -0.383 e. The second-order valence-corrected chi connectivity index (χ2v) is 6.10. The minimum atomic E-state index is -0.592.